The predicted octanol–water partition coefficient (Wildman–Crippen LogP) is 2.74. The number of rotatable bonds is 3. The average molecular weight is 298 g/mol. The van der Waals surface area contributed by atoms with E-state index in [-0.39, 0.29) is 6.16 Å². The lowest BCUT2D eigenvalue weighted by Gasteiger charge is -2.05. The van der Waals surface area contributed by atoms with Crippen molar-refractivity contribution in [3.8, 4) is 0 Å². The Balaban J connectivity index is 2.71. The molecule has 5 heteroatoms. The third-order valence-electron chi connectivity index (χ3n) is 1.33. The van der Waals surface area contributed by atoms with Crippen molar-refractivity contribution >= 4 is 30.6 Å². The molecule has 0 heterocycles. The van der Waals surface area contributed by atoms with Crippen molar-refractivity contribution in [2.75, 3.05) is 0 Å². The van der Waals surface area contributed by atoms with Gasteiger partial charge >= 0.3 is 7.60 Å². The zero-order valence-corrected chi connectivity index (χ0v) is 9.23. The summed E-state index contributed by atoms with van der Waals surface area (Å²) in [6.45, 7) is 0. The number of benzene rings is 1. The van der Waals surface area contributed by atoms with Gasteiger partial charge in [0.1, 0.15) is 23.0 Å². The summed E-state index contributed by atoms with van der Waals surface area (Å²) >= 11 is 1.44. The van der Waals surface area contributed by atoms with E-state index in [9.17, 15) is 4.57 Å². The third-order valence-corrected chi connectivity index (χ3v) is 4.16. The normalized spacial score (nSPS) is 15.5. The third kappa shape index (κ3) is 3.23. The van der Waals surface area contributed by atoms with Gasteiger partial charge in [-0.3, -0.25) is 4.57 Å². The van der Waals surface area contributed by atoms with Gasteiger partial charge in [-0.2, -0.15) is 0 Å². The molecule has 1 N–H and O–H groups in total. The highest BCUT2D eigenvalue weighted by Gasteiger charge is 2.18. The number of hydrogen-bond donors (Lipinski definition) is 1. The maximum atomic E-state index is 11.1. The smallest absolute Gasteiger partial charge is 0.324 e. The van der Waals surface area contributed by atoms with Crippen molar-refractivity contribution in [3.63, 3.8) is 0 Å². The largest absolute Gasteiger partial charge is 0.341 e. The highest BCUT2D eigenvalue weighted by Crippen LogP contribution is 2.47. The van der Waals surface area contributed by atoms with Crippen LogP contribution in [0.2, 0.25) is 0 Å². The van der Waals surface area contributed by atoms with Crippen LogP contribution in [0.4, 0.5) is 0 Å². The zero-order chi connectivity index (χ0) is 9.03. The van der Waals surface area contributed by atoms with Crippen LogP contribution in [0.1, 0.15) is 5.56 Å². The fourth-order valence-electron chi connectivity index (χ4n) is 0.839. The molecule has 0 fully saturated rings. The molecular formula is C7H8IO3P. The Morgan fingerprint density at radius 1 is 1.42 bits per heavy atom. The lowest BCUT2D eigenvalue weighted by molar-refractivity contribution is 0.414. The first kappa shape index (κ1) is 10.2. The van der Waals surface area contributed by atoms with Crippen molar-refractivity contribution in [2.24, 2.45) is 0 Å². The van der Waals surface area contributed by atoms with Crippen molar-refractivity contribution < 1.29 is 12.3 Å². The molecule has 0 saturated heterocycles. The molecule has 0 bridgehead atoms. The van der Waals surface area contributed by atoms with Gasteiger partial charge in [-0.05, 0) is 5.56 Å². The molecule has 0 spiro atoms. The molecule has 12 heavy (non-hydrogen) atoms. The SMILES string of the molecule is O=P(O)(Cc1ccccc1)OI. The van der Waals surface area contributed by atoms with Crippen LogP contribution in [0.15, 0.2) is 30.3 Å². The average Bonchev–Trinajstić information content (AvgIpc) is 2.06. The second kappa shape index (κ2) is 4.37. The molecule has 1 atom stereocenters. The van der Waals surface area contributed by atoms with Gasteiger partial charge in [-0.15, -0.1) is 0 Å². The van der Waals surface area contributed by atoms with Crippen LogP contribution in [-0.2, 0) is 13.6 Å². The van der Waals surface area contributed by atoms with Gasteiger partial charge in [-0.1, -0.05) is 30.3 Å². The van der Waals surface area contributed by atoms with E-state index < -0.39 is 7.60 Å². The highest BCUT2D eigenvalue weighted by molar-refractivity contribution is 14.1. The van der Waals surface area contributed by atoms with Crippen LogP contribution in [0.25, 0.3) is 0 Å². The molecule has 1 unspecified atom stereocenters. The predicted molar refractivity (Wildman–Crippen MR) is 55.1 cm³/mol. The summed E-state index contributed by atoms with van der Waals surface area (Å²) in [4.78, 5) is 9.10. The molecule has 0 aromatic heterocycles. The Kier molecular flexibility index (Phi) is 3.71. The van der Waals surface area contributed by atoms with Crippen LogP contribution in [0.5, 0.6) is 0 Å². The second-order valence-electron chi connectivity index (χ2n) is 2.35. The highest BCUT2D eigenvalue weighted by atomic mass is 127. The molecule has 3 nitrogen and oxygen atoms in total. The molecule has 0 aliphatic heterocycles. The van der Waals surface area contributed by atoms with Gasteiger partial charge in [0, 0.05) is 0 Å². The minimum absolute atomic E-state index is 0.0662. The molecule has 0 aliphatic carbocycles. The summed E-state index contributed by atoms with van der Waals surface area (Å²) in [7, 11) is -3.41. The first-order chi connectivity index (χ1) is 5.64. The van der Waals surface area contributed by atoms with Gasteiger partial charge in [-0.25, -0.2) is 2.85 Å². The molecule has 0 saturated carbocycles. The summed E-state index contributed by atoms with van der Waals surface area (Å²) in [5, 5.41) is 0. The maximum Gasteiger partial charge on any atom is 0.341 e. The Bertz CT molecular complexity index is 288. The molecule has 0 radical (unpaired) electrons. The van der Waals surface area contributed by atoms with E-state index in [4.69, 9.17) is 4.89 Å². The van der Waals surface area contributed by atoms with Crippen molar-refractivity contribution in [3.05, 3.63) is 35.9 Å². The summed E-state index contributed by atoms with van der Waals surface area (Å²) < 4.78 is 15.5. The Morgan fingerprint density at radius 2 is 2.00 bits per heavy atom. The van der Waals surface area contributed by atoms with Crippen LogP contribution < -0.4 is 0 Å². The first-order valence-corrected chi connectivity index (χ1v) is 5.94. The molecule has 66 valence electrons. The Hall–Kier alpha value is 0.1000. The minimum atomic E-state index is -3.41. The summed E-state index contributed by atoms with van der Waals surface area (Å²) in [5.41, 5.74) is 0.806. The van der Waals surface area contributed by atoms with E-state index >= 15 is 0 Å². The lowest BCUT2D eigenvalue weighted by Crippen LogP contribution is -1.86. The fourth-order valence-corrected chi connectivity index (χ4v) is 1.98. The summed E-state index contributed by atoms with van der Waals surface area (Å²) in [6.07, 6.45) is 0.0662. The molecule has 0 amide bonds. The van der Waals surface area contributed by atoms with Gasteiger partial charge in [0.25, 0.3) is 0 Å². The maximum absolute atomic E-state index is 11.1. The zero-order valence-electron chi connectivity index (χ0n) is 6.18. The van der Waals surface area contributed by atoms with E-state index in [1.54, 1.807) is 12.1 Å². The van der Waals surface area contributed by atoms with Crippen LogP contribution in [-0.4, -0.2) is 4.89 Å². The Morgan fingerprint density at radius 3 is 2.50 bits per heavy atom. The van der Waals surface area contributed by atoms with Gasteiger partial charge < -0.3 is 4.89 Å². The second-order valence-corrected chi connectivity index (χ2v) is 5.26. The van der Waals surface area contributed by atoms with E-state index in [2.05, 4.69) is 2.85 Å². The van der Waals surface area contributed by atoms with Gasteiger partial charge in [0.05, 0.1) is 6.16 Å². The number of halogens is 1. The number of hydrogen-bond acceptors (Lipinski definition) is 2. The standard InChI is InChI=1S/C7H8IO3P/c8-11-12(9,10)6-7-4-2-1-3-5-7/h1-5H,6H2,(H,9,10). The van der Waals surface area contributed by atoms with E-state index in [1.165, 1.54) is 23.0 Å². The van der Waals surface area contributed by atoms with Gasteiger partial charge in [0.15, 0.2) is 0 Å². The van der Waals surface area contributed by atoms with Crippen molar-refractivity contribution in [1.29, 1.82) is 0 Å². The quantitative estimate of drug-likeness (QED) is 0.689. The fraction of sp³-hybridized carbons (Fsp3) is 0.143. The molecule has 1 rings (SSSR count). The molecule has 0 aliphatic rings. The van der Waals surface area contributed by atoms with Crippen LogP contribution in [0.3, 0.4) is 0 Å². The molecule has 1 aromatic rings. The lowest BCUT2D eigenvalue weighted by atomic mass is 10.2. The summed E-state index contributed by atoms with van der Waals surface area (Å²) in [5.74, 6) is 0. The van der Waals surface area contributed by atoms with Crippen LogP contribution >= 0.6 is 30.6 Å². The van der Waals surface area contributed by atoms with E-state index in [0.717, 1.165) is 5.56 Å². The molecular weight excluding hydrogens is 290 g/mol. The van der Waals surface area contributed by atoms with Crippen molar-refractivity contribution in [2.45, 2.75) is 6.16 Å². The van der Waals surface area contributed by atoms with E-state index in [0.29, 0.717) is 0 Å². The topological polar surface area (TPSA) is 46.5 Å². The minimum Gasteiger partial charge on any atom is -0.324 e. The van der Waals surface area contributed by atoms with Gasteiger partial charge in [0.2, 0.25) is 0 Å². The summed E-state index contributed by atoms with van der Waals surface area (Å²) in [6, 6.07) is 9.08. The van der Waals surface area contributed by atoms with Crippen molar-refractivity contribution in [1.82, 2.24) is 0 Å². The van der Waals surface area contributed by atoms with E-state index in [1.807, 2.05) is 18.2 Å². The van der Waals surface area contributed by atoms with Crippen LogP contribution in [0, 0.1) is 0 Å². The Labute approximate surface area is 85.0 Å². The molecule has 1 aromatic carbocycles. The first-order valence-electron chi connectivity index (χ1n) is 3.30. The monoisotopic (exact) mass is 298 g/mol.